The van der Waals surface area contributed by atoms with Gasteiger partial charge in [-0.1, -0.05) is 13.8 Å². The van der Waals surface area contributed by atoms with E-state index in [9.17, 15) is 9.59 Å². The van der Waals surface area contributed by atoms with Crippen LogP contribution in [0.2, 0.25) is 0 Å². The monoisotopic (exact) mass is 242 g/mol. The van der Waals surface area contributed by atoms with Crippen LogP contribution in [0.15, 0.2) is 0 Å². The quantitative estimate of drug-likeness (QED) is 0.688. The summed E-state index contributed by atoms with van der Waals surface area (Å²) in [6.07, 6.45) is 2.93. The molecule has 1 aliphatic rings. The molecule has 0 aliphatic carbocycles. The Hall–Kier alpha value is -1.10. The Balaban J connectivity index is 2.11. The molecule has 1 rings (SSSR count). The molecule has 1 fully saturated rings. The zero-order valence-electron chi connectivity index (χ0n) is 10.6. The molecule has 5 nitrogen and oxygen atoms in total. The van der Waals surface area contributed by atoms with E-state index in [1.54, 1.807) is 0 Å². The van der Waals surface area contributed by atoms with Gasteiger partial charge in [-0.2, -0.15) is 0 Å². The third kappa shape index (κ3) is 5.68. The van der Waals surface area contributed by atoms with Gasteiger partial charge in [0.1, 0.15) is 0 Å². The van der Waals surface area contributed by atoms with Crippen molar-refractivity contribution >= 4 is 11.8 Å². The van der Waals surface area contributed by atoms with Crippen molar-refractivity contribution < 1.29 is 14.3 Å². The molecule has 0 spiro atoms. The van der Waals surface area contributed by atoms with Crippen molar-refractivity contribution in [2.45, 2.75) is 39.2 Å². The molecule has 0 saturated carbocycles. The molecule has 0 aromatic rings. The average molecular weight is 242 g/mol. The van der Waals surface area contributed by atoms with Crippen molar-refractivity contribution in [3.63, 3.8) is 0 Å². The van der Waals surface area contributed by atoms with Crippen LogP contribution in [0.4, 0.5) is 0 Å². The predicted molar refractivity (Wildman–Crippen MR) is 64.4 cm³/mol. The molecule has 0 unspecified atom stereocenters. The summed E-state index contributed by atoms with van der Waals surface area (Å²) in [7, 11) is 0. The van der Waals surface area contributed by atoms with E-state index in [0.29, 0.717) is 19.0 Å². The number of nitrogens with one attached hydrogen (secondary N) is 2. The minimum Gasteiger partial charge on any atom is -0.376 e. The molecule has 2 amide bonds. The van der Waals surface area contributed by atoms with Gasteiger partial charge in [0, 0.05) is 19.7 Å². The molecule has 1 heterocycles. The molecule has 0 aromatic heterocycles. The Kier molecular flexibility index (Phi) is 5.97. The molecular formula is C12H22N2O3. The lowest BCUT2D eigenvalue weighted by molar-refractivity contribution is -0.139. The Morgan fingerprint density at radius 3 is 2.59 bits per heavy atom. The Morgan fingerprint density at radius 1 is 1.29 bits per heavy atom. The fourth-order valence-electron chi connectivity index (χ4n) is 1.65. The molecule has 0 aromatic carbocycles. The number of carbonyl (C=O) groups excluding carboxylic acids is 2. The molecule has 1 atom stereocenters. The maximum atomic E-state index is 11.4. The van der Waals surface area contributed by atoms with E-state index < -0.39 is 11.8 Å². The molecule has 17 heavy (non-hydrogen) atoms. The summed E-state index contributed by atoms with van der Waals surface area (Å²) in [4.78, 5) is 22.8. The fraction of sp³-hybridized carbons (Fsp3) is 0.833. The number of amides is 2. The molecule has 0 radical (unpaired) electrons. The van der Waals surface area contributed by atoms with Crippen molar-refractivity contribution in [1.29, 1.82) is 0 Å². The number of ether oxygens (including phenoxy) is 1. The minimum absolute atomic E-state index is 0.0717. The van der Waals surface area contributed by atoms with Crippen molar-refractivity contribution in [2.24, 2.45) is 5.92 Å². The maximum absolute atomic E-state index is 11.4. The van der Waals surface area contributed by atoms with Crippen molar-refractivity contribution in [2.75, 3.05) is 19.7 Å². The van der Waals surface area contributed by atoms with E-state index in [1.165, 1.54) is 0 Å². The third-order valence-electron chi connectivity index (χ3n) is 2.73. The maximum Gasteiger partial charge on any atom is 0.309 e. The highest BCUT2D eigenvalue weighted by molar-refractivity contribution is 6.35. The first-order valence-electron chi connectivity index (χ1n) is 6.27. The van der Waals surface area contributed by atoms with E-state index >= 15 is 0 Å². The first kappa shape index (κ1) is 14.0. The zero-order valence-corrected chi connectivity index (χ0v) is 10.6. The number of hydrogen-bond acceptors (Lipinski definition) is 3. The van der Waals surface area contributed by atoms with Crippen molar-refractivity contribution in [3.05, 3.63) is 0 Å². The predicted octanol–water partition coefficient (Wildman–Crippen LogP) is 0.444. The zero-order chi connectivity index (χ0) is 12.7. The molecule has 0 bridgehead atoms. The fourth-order valence-corrected chi connectivity index (χ4v) is 1.65. The summed E-state index contributed by atoms with van der Waals surface area (Å²) in [5, 5.41) is 5.18. The van der Waals surface area contributed by atoms with Gasteiger partial charge in [-0.25, -0.2) is 0 Å². The van der Waals surface area contributed by atoms with E-state index in [4.69, 9.17) is 4.74 Å². The first-order valence-corrected chi connectivity index (χ1v) is 6.27. The number of carbonyl (C=O) groups is 2. The second kappa shape index (κ2) is 7.27. The van der Waals surface area contributed by atoms with E-state index in [1.807, 2.05) is 0 Å². The minimum atomic E-state index is -0.566. The molecule has 1 saturated heterocycles. The summed E-state index contributed by atoms with van der Waals surface area (Å²) in [6, 6.07) is 0. The summed E-state index contributed by atoms with van der Waals surface area (Å²) in [6.45, 7) is 5.87. The average Bonchev–Trinajstić information content (AvgIpc) is 2.78. The van der Waals surface area contributed by atoms with Gasteiger partial charge in [0.05, 0.1) is 6.10 Å². The highest BCUT2D eigenvalue weighted by Crippen LogP contribution is 2.10. The van der Waals surface area contributed by atoms with E-state index in [2.05, 4.69) is 24.5 Å². The van der Waals surface area contributed by atoms with Gasteiger partial charge in [-0.15, -0.1) is 0 Å². The van der Waals surface area contributed by atoms with Crippen LogP contribution in [0.3, 0.4) is 0 Å². The van der Waals surface area contributed by atoms with Crippen molar-refractivity contribution in [3.8, 4) is 0 Å². The van der Waals surface area contributed by atoms with Crippen LogP contribution in [0.25, 0.3) is 0 Å². The highest BCUT2D eigenvalue weighted by Gasteiger charge is 2.18. The molecular weight excluding hydrogens is 220 g/mol. The van der Waals surface area contributed by atoms with Crippen LogP contribution < -0.4 is 10.6 Å². The third-order valence-corrected chi connectivity index (χ3v) is 2.73. The van der Waals surface area contributed by atoms with Crippen LogP contribution in [-0.4, -0.2) is 37.6 Å². The first-order chi connectivity index (χ1) is 8.09. The van der Waals surface area contributed by atoms with Gasteiger partial charge in [0.2, 0.25) is 0 Å². The lowest BCUT2D eigenvalue weighted by atomic mass is 10.1. The van der Waals surface area contributed by atoms with Crippen molar-refractivity contribution in [1.82, 2.24) is 10.6 Å². The highest BCUT2D eigenvalue weighted by atomic mass is 16.5. The number of hydrogen-bond donors (Lipinski definition) is 2. The molecule has 2 N–H and O–H groups in total. The standard InChI is InChI=1S/C12H22N2O3/c1-9(2)5-6-13-11(15)12(16)14-8-10-4-3-7-17-10/h9-10H,3-8H2,1-2H3,(H,13,15)(H,14,16)/t10-/m1/s1. The van der Waals surface area contributed by atoms with Crippen LogP contribution in [0.1, 0.15) is 33.1 Å². The summed E-state index contributed by atoms with van der Waals surface area (Å²) in [5.74, 6) is -0.599. The van der Waals surface area contributed by atoms with E-state index in [-0.39, 0.29) is 6.10 Å². The SMILES string of the molecule is CC(C)CCNC(=O)C(=O)NC[C@H]1CCCO1. The summed E-state index contributed by atoms with van der Waals surface area (Å²) in [5.41, 5.74) is 0. The van der Waals surface area contributed by atoms with Gasteiger partial charge in [0.25, 0.3) is 0 Å². The molecule has 98 valence electrons. The van der Waals surface area contributed by atoms with Crippen LogP contribution in [0.5, 0.6) is 0 Å². The largest absolute Gasteiger partial charge is 0.376 e. The van der Waals surface area contributed by atoms with Gasteiger partial charge in [-0.3, -0.25) is 9.59 Å². The molecule has 1 aliphatic heterocycles. The smallest absolute Gasteiger partial charge is 0.309 e. The second-order valence-corrected chi connectivity index (χ2v) is 4.78. The lowest BCUT2D eigenvalue weighted by Crippen LogP contribution is -2.43. The summed E-state index contributed by atoms with van der Waals surface area (Å²) >= 11 is 0. The van der Waals surface area contributed by atoms with Crippen LogP contribution in [-0.2, 0) is 14.3 Å². The Bertz CT molecular complexity index is 260. The second-order valence-electron chi connectivity index (χ2n) is 4.78. The lowest BCUT2D eigenvalue weighted by Gasteiger charge is -2.11. The molecule has 5 heteroatoms. The van der Waals surface area contributed by atoms with Gasteiger partial charge in [-0.05, 0) is 25.2 Å². The van der Waals surface area contributed by atoms with Gasteiger partial charge >= 0.3 is 11.8 Å². The Morgan fingerprint density at radius 2 is 2.00 bits per heavy atom. The normalized spacial score (nSPS) is 19.4. The Labute approximate surface area is 102 Å². The summed E-state index contributed by atoms with van der Waals surface area (Å²) < 4.78 is 5.35. The van der Waals surface area contributed by atoms with Gasteiger partial charge < -0.3 is 15.4 Å². The van der Waals surface area contributed by atoms with Crippen LogP contribution >= 0.6 is 0 Å². The number of rotatable bonds is 5. The van der Waals surface area contributed by atoms with Crippen LogP contribution in [0, 0.1) is 5.92 Å². The topological polar surface area (TPSA) is 67.4 Å². The van der Waals surface area contributed by atoms with Gasteiger partial charge in [0.15, 0.2) is 0 Å². The van der Waals surface area contributed by atoms with E-state index in [0.717, 1.165) is 25.9 Å².